The number of amides is 1. The van der Waals surface area contributed by atoms with Crippen molar-refractivity contribution in [3.8, 4) is 0 Å². The zero-order valence-electron chi connectivity index (χ0n) is 14.9. The summed E-state index contributed by atoms with van der Waals surface area (Å²) in [6, 6.07) is 8.67. The molecular weight excluding hydrogens is 302 g/mol. The Hall–Kier alpha value is -1.39. The summed E-state index contributed by atoms with van der Waals surface area (Å²) in [6.45, 7) is 7.69. The van der Waals surface area contributed by atoms with Gasteiger partial charge in [-0.25, -0.2) is 0 Å². The molecule has 2 aliphatic carbocycles. The highest BCUT2D eigenvalue weighted by Gasteiger charge is 2.61. The smallest absolute Gasteiger partial charge is 0.217 e. The zero-order valence-corrected chi connectivity index (χ0v) is 14.9. The molecule has 3 aliphatic rings. The Morgan fingerprint density at radius 3 is 2.33 bits per heavy atom. The van der Waals surface area contributed by atoms with Crippen molar-refractivity contribution in [3.63, 3.8) is 0 Å². The van der Waals surface area contributed by atoms with Gasteiger partial charge in [0.05, 0.1) is 19.3 Å². The van der Waals surface area contributed by atoms with Crippen LogP contribution in [0.5, 0.6) is 0 Å². The monoisotopic (exact) mass is 329 g/mol. The third-order valence-electron chi connectivity index (χ3n) is 6.81. The Kier molecular flexibility index (Phi) is 3.56. The number of nitrogens with one attached hydrogen (secondary N) is 1. The van der Waals surface area contributed by atoms with E-state index in [1.54, 1.807) is 6.92 Å². The molecule has 1 N–H and O–H groups in total. The number of carbonyl (C=O) groups is 1. The molecule has 0 bridgehead atoms. The van der Waals surface area contributed by atoms with Crippen LogP contribution in [0.2, 0.25) is 0 Å². The van der Waals surface area contributed by atoms with E-state index in [1.807, 2.05) is 0 Å². The number of carbonyl (C=O) groups excluding carboxylic acids is 1. The minimum Gasteiger partial charge on any atom is -0.349 e. The van der Waals surface area contributed by atoms with Gasteiger partial charge in [0.15, 0.2) is 5.79 Å². The van der Waals surface area contributed by atoms with Crippen molar-refractivity contribution in [2.45, 2.75) is 63.7 Å². The second kappa shape index (κ2) is 5.30. The van der Waals surface area contributed by atoms with Gasteiger partial charge in [-0.15, -0.1) is 0 Å². The van der Waals surface area contributed by atoms with Gasteiger partial charge in [-0.1, -0.05) is 38.1 Å². The molecule has 1 aromatic rings. The minimum atomic E-state index is -0.378. The predicted molar refractivity (Wildman–Crippen MR) is 91.6 cm³/mol. The maximum atomic E-state index is 11.9. The molecule has 24 heavy (non-hydrogen) atoms. The van der Waals surface area contributed by atoms with Crippen molar-refractivity contribution < 1.29 is 14.3 Å². The van der Waals surface area contributed by atoms with E-state index in [0.29, 0.717) is 13.2 Å². The van der Waals surface area contributed by atoms with Gasteiger partial charge in [0.25, 0.3) is 0 Å². The molecular formula is C20H27NO3. The summed E-state index contributed by atoms with van der Waals surface area (Å²) < 4.78 is 11.9. The normalized spacial score (nSPS) is 28.9. The molecule has 1 aliphatic heterocycles. The van der Waals surface area contributed by atoms with Crippen molar-refractivity contribution in [3.05, 3.63) is 35.4 Å². The molecule has 4 heteroatoms. The molecule has 0 unspecified atom stereocenters. The first-order chi connectivity index (χ1) is 11.4. The lowest BCUT2D eigenvalue weighted by atomic mass is 9.56. The summed E-state index contributed by atoms with van der Waals surface area (Å²) in [5.41, 5.74) is 2.68. The van der Waals surface area contributed by atoms with Crippen molar-refractivity contribution in [1.29, 1.82) is 0 Å². The lowest BCUT2D eigenvalue weighted by Crippen LogP contribution is -2.51. The van der Waals surface area contributed by atoms with Gasteiger partial charge in [0.2, 0.25) is 5.91 Å². The second-order valence-electron chi connectivity index (χ2n) is 8.11. The van der Waals surface area contributed by atoms with E-state index in [0.717, 1.165) is 25.7 Å². The number of ether oxygens (including phenoxy) is 2. The van der Waals surface area contributed by atoms with E-state index in [1.165, 1.54) is 11.1 Å². The average molecular weight is 329 g/mol. The summed E-state index contributed by atoms with van der Waals surface area (Å²) >= 11 is 0. The average Bonchev–Trinajstić information content (AvgIpc) is 3.07. The summed E-state index contributed by atoms with van der Waals surface area (Å²) in [4.78, 5) is 11.9. The molecule has 1 heterocycles. The quantitative estimate of drug-likeness (QED) is 0.858. The summed E-state index contributed by atoms with van der Waals surface area (Å²) in [6.07, 6.45) is 3.81. The molecule has 130 valence electrons. The van der Waals surface area contributed by atoms with Crippen LogP contribution >= 0.6 is 0 Å². The first kappa shape index (κ1) is 16.1. The van der Waals surface area contributed by atoms with E-state index in [2.05, 4.69) is 43.4 Å². The zero-order chi connectivity index (χ0) is 17.0. The molecule has 1 saturated carbocycles. The van der Waals surface area contributed by atoms with Gasteiger partial charge in [-0.05, 0) is 29.4 Å². The highest BCUT2D eigenvalue weighted by atomic mass is 16.7. The fourth-order valence-electron chi connectivity index (χ4n) is 5.44. The number of hydrogen-bond acceptors (Lipinski definition) is 3. The lowest BCUT2D eigenvalue weighted by Gasteiger charge is -2.51. The molecule has 1 aromatic carbocycles. The van der Waals surface area contributed by atoms with Crippen LogP contribution in [0.25, 0.3) is 0 Å². The molecule has 1 saturated heterocycles. The van der Waals surface area contributed by atoms with Crippen LogP contribution in [0, 0.1) is 5.41 Å². The van der Waals surface area contributed by atoms with E-state index in [9.17, 15) is 4.79 Å². The first-order valence-corrected chi connectivity index (χ1v) is 9.05. The van der Waals surface area contributed by atoms with Gasteiger partial charge < -0.3 is 14.8 Å². The highest BCUT2D eigenvalue weighted by Crippen LogP contribution is 2.65. The van der Waals surface area contributed by atoms with Gasteiger partial charge in [-0.3, -0.25) is 4.79 Å². The Labute approximate surface area is 143 Å². The SMILES string of the molecule is CC(=O)N[C@H]1c2ccccc2C(C)(C)C12CCC1(CC2)OCCO1. The first-order valence-electron chi connectivity index (χ1n) is 9.05. The largest absolute Gasteiger partial charge is 0.349 e. The molecule has 0 radical (unpaired) electrons. The highest BCUT2D eigenvalue weighted by molar-refractivity contribution is 5.74. The Bertz CT molecular complexity index is 651. The van der Waals surface area contributed by atoms with Gasteiger partial charge in [0, 0.05) is 25.2 Å². The Balaban J connectivity index is 1.74. The van der Waals surface area contributed by atoms with E-state index in [4.69, 9.17) is 9.47 Å². The lowest BCUT2D eigenvalue weighted by molar-refractivity contribution is -0.199. The van der Waals surface area contributed by atoms with Crippen molar-refractivity contribution in [2.24, 2.45) is 5.41 Å². The van der Waals surface area contributed by atoms with E-state index < -0.39 is 0 Å². The standard InChI is InChI=1S/C20H27NO3/c1-14(22)21-17-15-6-4-5-7-16(15)18(2,3)19(17)8-10-20(11-9-19)23-12-13-24-20/h4-7,17H,8-13H2,1-3H3,(H,21,22)/t17-/m0/s1. The van der Waals surface area contributed by atoms with Crippen LogP contribution < -0.4 is 5.32 Å². The van der Waals surface area contributed by atoms with Crippen molar-refractivity contribution >= 4 is 5.91 Å². The van der Waals surface area contributed by atoms with Crippen LogP contribution in [-0.2, 0) is 19.7 Å². The van der Waals surface area contributed by atoms with Crippen LogP contribution in [0.1, 0.15) is 63.6 Å². The van der Waals surface area contributed by atoms with Crippen molar-refractivity contribution in [1.82, 2.24) is 5.32 Å². The molecule has 1 amide bonds. The number of hydrogen-bond donors (Lipinski definition) is 1. The van der Waals surface area contributed by atoms with E-state index >= 15 is 0 Å². The molecule has 2 fully saturated rings. The third-order valence-corrected chi connectivity index (χ3v) is 6.81. The van der Waals surface area contributed by atoms with Crippen molar-refractivity contribution in [2.75, 3.05) is 13.2 Å². The fraction of sp³-hybridized carbons (Fsp3) is 0.650. The minimum absolute atomic E-state index is 0.0108. The van der Waals surface area contributed by atoms with Crippen LogP contribution in [0.15, 0.2) is 24.3 Å². The van der Waals surface area contributed by atoms with Crippen LogP contribution in [0.4, 0.5) is 0 Å². The van der Waals surface area contributed by atoms with E-state index in [-0.39, 0.29) is 28.6 Å². The van der Waals surface area contributed by atoms with Gasteiger partial charge in [-0.2, -0.15) is 0 Å². The van der Waals surface area contributed by atoms with Crippen LogP contribution in [-0.4, -0.2) is 24.9 Å². The predicted octanol–water partition coefficient (Wildman–Crippen LogP) is 3.46. The number of fused-ring (bicyclic) bond motifs is 1. The maximum Gasteiger partial charge on any atom is 0.217 e. The maximum absolute atomic E-state index is 11.9. The fourth-order valence-corrected chi connectivity index (χ4v) is 5.44. The third kappa shape index (κ3) is 2.09. The summed E-state index contributed by atoms with van der Waals surface area (Å²) in [5, 5.41) is 3.27. The molecule has 4 rings (SSSR count). The number of rotatable bonds is 1. The van der Waals surface area contributed by atoms with Crippen LogP contribution in [0.3, 0.4) is 0 Å². The molecule has 4 nitrogen and oxygen atoms in total. The Morgan fingerprint density at radius 1 is 1.08 bits per heavy atom. The molecule has 0 aromatic heterocycles. The summed E-state index contributed by atoms with van der Waals surface area (Å²) in [7, 11) is 0. The van der Waals surface area contributed by atoms with Gasteiger partial charge in [0.1, 0.15) is 0 Å². The topological polar surface area (TPSA) is 47.6 Å². The number of benzene rings is 1. The van der Waals surface area contributed by atoms with Gasteiger partial charge >= 0.3 is 0 Å². The second-order valence-corrected chi connectivity index (χ2v) is 8.11. The molecule has 2 spiro atoms. The summed E-state index contributed by atoms with van der Waals surface area (Å²) in [5.74, 6) is -0.336. The Morgan fingerprint density at radius 2 is 1.71 bits per heavy atom. The molecule has 1 atom stereocenters.